The standard InChI is InChI=1S/C11H16NO3P/c1-10-4-5(16-3)11(2,15-10)7-6(10)8(13)12-9(7)14/h5-7,16H,4H2,1-3H3,(H,12,13,14). The minimum atomic E-state index is -0.428. The number of carbonyl (C=O) groups is 2. The van der Waals surface area contributed by atoms with E-state index < -0.39 is 11.2 Å². The van der Waals surface area contributed by atoms with Crippen LogP contribution in [0.2, 0.25) is 0 Å². The minimum absolute atomic E-state index is 0.135. The molecule has 3 aliphatic heterocycles. The summed E-state index contributed by atoms with van der Waals surface area (Å²) in [4.78, 5) is 23.6. The zero-order chi connectivity index (χ0) is 11.7. The molecular formula is C11H16NO3P. The van der Waals surface area contributed by atoms with Crippen LogP contribution in [0.4, 0.5) is 0 Å². The Morgan fingerprint density at radius 3 is 2.56 bits per heavy atom. The summed E-state index contributed by atoms with van der Waals surface area (Å²) in [6, 6.07) is 0. The molecule has 0 aromatic heterocycles. The average Bonchev–Trinajstić information content (AvgIpc) is 2.71. The quantitative estimate of drug-likeness (QED) is 0.537. The molecule has 3 fully saturated rings. The van der Waals surface area contributed by atoms with Gasteiger partial charge in [-0.15, -0.1) is 8.58 Å². The van der Waals surface area contributed by atoms with E-state index in [-0.39, 0.29) is 23.7 Å². The van der Waals surface area contributed by atoms with Crippen LogP contribution < -0.4 is 5.32 Å². The molecule has 3 saturated heterocycles. The molecule has 0 saturated carbocycles. The van der Waals surface area contributed by atoms with E-state index in [1.807, 2.05) is 13.8 Å². The van der Waals surface area contributed by atoms with E-state index in [1.54, 1.807) is 0 Å². The lowest BCUT2D eigenvalue weighted by Crippen LogP contribution is -2.47. The van der Waals surface area contributed by atoms with E-state index in [0.717, 1.165) is 15.0 Å². The first-order valence-electron chi connectivity index (χ1n) is 5.64. The van der Waals surface area contributed by atoms with E-state index in [1.165, 1.54) is 0 Å². The number of imide groups is 1. The van der Waals surface area contributed by atoms with Crippen LogP contribution in [-0.2, 0) is 14.3 Å². The first kappa shape index (κ1) is 10.7. The molecule has 88 valence electrons. The maximum Gasteiger partial charge on any atom is 0.233 e. The van der Waals surface area contributed by atoms with Gasteiger partial charge in [0.2, 0.25) is 11.8 Å². The van der Waals surface area contributed by atoms with Gasteiger partial charge in [-0.3, -0.25) is 14.9 Å². The third-order valence-electron chi connectivity index (χ3n) is 4.52. The van der Waals surface area contributed by atoms with Gasteiger partial charge in [-0.25, -0.2) is 0 Å². The highest BCUT2D eigenvalue weighted by atomic mass is 31.1. The average molecular weight is 241 g/mol. The Hall–Kier alpha value is -0.470. The van der Waals surface area contributed by atoms with Crippen molar-refractivity contribution in [2.24, 2.45) is 11.8 Å². The van der Waals surface area contributed by atoms with E-state index in [4.69, 9.17) is 4.74 Å². The van der Waals surface area contributed by atoms with Gasteiger partial charge in [0, 0.05) is 5.66 Å². The summed E-state index contributed by atoms with van der Waals surface area (Å²) in [5, 5.41) is 2.46. The predicted octanol–water partition coefficient (Wildman–Crippen LogP) is 0.503. The Morgan fingerprint density at radius 2 is 1.94 bits per heavy atom. The van der Waals surface area contributed by atoms with Gasteiger partial charge >= 0.3 is 0 Å². The number of carbonyl (C=O) groups excluding carboxylic acids is 2. The third-order valence-corrected chi connectivity index (χ3v) is 6.00. The second-order valence-corrected chi connectivity index (χ2v) is 6.73. The molecule has 0 aromatic carbocycles. The summed E-state index contributed by atoms with van der Waals surface area (Å²) in [7, 11) is 0.753. The Morgan fingerprint density at radius 1 is 1.31 bits per heavy atom. The number of hydrogen-bond acceptors (Lipinski definition) is 3. The van der Waals surface area contributed by atoms with Crippen LogP contribution in [-0.4, -0.2) is 35.3 Å². The molecule has 3 aliphatic rings. The highest BCUT2D eigenvalue weighted by Crippen LogP contribution is 2.62. The Balaban J connectivity index is 2.10. The van der Waals surface area contributed by atoms with Gasteiger partial charge in [-0.05, 0) is 26.9 Å². The number of rotatable bonds is 1. The minimum Gasteiger partial charge on any atom is -0.367 e. The molecule has 0 radical (unpaired) electrons. The molecule has 0 aliphatic carbocycles. The van der Waals surface area contributed by atoms with Crippen molar-refractivity contribution in [3.63, 3.8) is 0 Å². The van der Waals surface area contributed by atoms with Gasteiger partial charge in [0.15, 0.2) is 0 Å². The highest BCUT2D eigenvalue weighted by molar-refractivity contribution is 7.38. The van der Waals surface area contributed by atoms with Crippen molar-refractivity contribution in [2.75, 3.05) is 6.66 Å². The molecule has 3 rings (SSSR count). The molecule has 16 heavy (non-hydrogen) atoms. The summed E-state index contributed by atoms with van der Waals surface area (Å²) in [5.41, 5.74) is -0.443. The molecule has 4 nitrogen and oxygen atoms in total. The van der Waals surface area contributed by atoms with Crippen molar-refractivity contribution >= 4 is 20.4 Å². The number of ether oxygens (including phenoxy) is 1. The summed E-state index contributed by atoms with van der Waals surface area (Å²) in [6.45, 7) is 6.13. The topological polar surface area (TPSA) is 55.4 Å². The lowest BCUT2D eigenvalue weighted by molar-refractivity contribution is -0.133. The van der Waals surface area contributed by atoms with Gasteiger partial charge < -0.3 is 4.74 Å². The molecule has 6 atom stereocenters. The van der Waals surface area contributed by atoms with Gasteiger partial charge in [-0.1, -0.05) is 0 Å². The third kappa shape index (κ3) is 0.981. The fourth-order valence-electron chi connectivity index (χ4n) is 3.88. The molecule has 0 spiro atoms. The number of hydrogen-bond donors (Lipinski definition) is 1. The maximum atomic E-state index is 11.9. The molecule has 2 bridgehead atoms. The van der Waals surface area contributed by atoms with Crippen LogP contribution in [0.15, 0.2) is 0 Å². The summed E-state index contributed by atoms with van der Waals surface area (Å²) in [6.07, 6.45) is 0.903. The van der Waals surface area contributed by atoms with Gasteiger partial charge in [0.05, 0.1) is 23.0 Å². The molecular weight excluding hydrogens is 225 g/mol. The van der Waals surface area contributed by atoms with Gasteiger partial charge in [-0.2, -0.15) is 0 Å². The lowest BCUT2D eigenvalue weighted by Gasteiger charge is -2.34. The van der Waals surface area contributed by atoms with Crippen molar-refractivity contribution in [3.8, 4) is 0 Å². The van der Waals surface area contributed by atoms with Crippen LogP contribution >= 0.6 is 8.58 Å². The highest BCUT2D eigenvalue weighted by Gasteiger charge is 2.73. The van der Waals surface area contributed by atoms with Gasteiger partial charge in [0.25, 0.3) is 0 Å². The van der Waals surface area contributed by atoms with Crippen LogP contribution in [0.25, 0.3) is 0 Å². The van der Waals surface area contributed by atoms with E-state index >= 15 is 0 Å². The van der Waals surface area contributed by atoms with Crippen molar-refractivity contribution in [2.45, 2.75) is 37.1 Å². The Labute approximate surface area is 96.3 Å². The zero-order valence-corrected chi connectivity index (χ0v) is 10.7. The van der Waals surface area contributed by atoms with Crippen LogP contribution in [0, 0.1) is 11.8 Å². The zero-order valence-electron chi connectivity index (χ0n) is 9.66. The number of amides is 2. The lowest BCUT2D eigenvalue weighted by atomic mass is 9.68. The van der Waals surface area contributed by atoms with Gasteiger partial charge in [0.1, 0.15) is 0 Å². The summed E-state index contributed by atoms with van der Waals surface area (Å²) >= 11 is 0. The smallest absolute Gasteiger partial charge is 0.233 e. The predicted molar refractivity (Wildman–Crippen MR) is 60.7 cm³/mol. The van der Waals surface area contributed by atoms with Crippen LogP contribution in [0.5, 0.6) is 0 Å². The second kappa shape index (κ2) is 2.85. The van der Waals surface area contributed by atoms with Crippen molar-refractivity contribution in [3.05, 3.63) is 0 Å². The summed E-state index contributed by atoms with van der Waals surface area (Å²) < 4.78 is 6.08. The Kier molecular flexibility index (Phi) is 1.90. The molecule has 6 unspecified atom stereocenters. The molecule has 0 aromatic rings. The van der Waals surface area contributed by atoms with E-state index in [2.05, 4.69) is 12.0 Å². The SMILES string of the molecule is CPC1CC2(C)OC1(C)C1C(=O)NC(=O)C12. The van der Waals surface area contributed by atoms with E-state index in [9.17, 15) is 9.59 Å². The van der Waals surface area contributed by atoms with Crippen molar-refractivity contribution in [1.29, 1.82) is 0 Å². The molecule has 5 heteroatoms. The first-order chi connectivity index (χ1) is 7.42. The first-order valence-corrected chi connectivity index (χ1v) is 7.22. The molecule has 3 heterocycles. The largest absolute Gasteiger partial charge is 0.367 e. The maximum absolute atomic E-state index is 11.9. The summed E-state index contributed by atoms with van der Waals surface area (Å²) in [5.74, 6) is -0.808. The van der Waals surface area contributed by atoms with Crippen molar-refractivity contribution in [1.82, 2.24) is 5.32 Å². The fraction of sp³-hybridized carbons (Fsp3) is 0.818. The van der Waals surface area contributed by atoms with Crippen molar-refractivity contribution < 1.29 is 14.3 Å². The fourth-order valence-corrected chi connectivity index (χ4v) is 5.30. The Bertz CT molecular complexity index is 399. The number of nitrogens with one attached hydrogen (secondary N) is 1. The van der Waals surface area contributed by atoms with E-state index in [0.29, 0.717) is 5.66 Å². The van der Waals surface area contributed by atoms with Crippen LogP contribution in [0.1, 0.15) is 20.3 Å². The second-order valence-electron chi connectivity index (χ2n) is 5.45. The number of fused-ring (bicyclic) bond motifs is 5. The molecule has 2 amide bonds. The van der Waals surface area contributed by atoms with Crippen LogP contribution in [0.3, 0.4) is 0 Å². The molecule has 1 N–H and O–H groups in total. The normalized spacial score (nSPS) is 55.1. The monoisotopic (exact) mass is 241 g/mol.